The number of nitrogens with zero attached hydrogens (tertiary/aromatic N) is 4. The van der Waals surface area contributed by atoms with Crippen LogP contribution in [0.3, 0.4) is 0 Å². The molecule has 2 heterocycles. The number of hydrogen-bond acceptors (Lipinski definition) is 7. The molecule has 1 saturated heterocycles. The number of rotatable bonds is 4. The van der Waals surface area contributed by atoms with Gasteiger partial charge in [0.1, 0.15) is 0 Å². The molecule has 2 unspecified atom stereocenters. The van der Waals surface area contributed by atoms with E-state index in [2.05, 4.69) is 25.2 Å². The molecule has 2 fully saturated rings. The Balaban J connectivity index is 1.66. The van der Waals surface area contributed by atoms with Gasteiger partial charge in [0.2, 0.25) is 17.8 Å². The highest BCUT2D eigenvalue weighted by atomic mass is 16.3. The van der Waals surface area contributed by atoms with E-state index in [1.807, 2.05) is 0 Å². The number of hydrogen-bond donors (Lipinski definition) is 3. The van der Waals surface area contributed by atoms with E-state index in [4.69, 9.17) is 5.73 Å². The molecule has 1 aliphatic carbocycles. The molecule has 0 spiro atoms. The van der Waals surface area contributed by atoms with E-state index < -0.39 is 0 Å². The van der Waals surface area contributed by atoms with Crippen molar-refractivity contribution in [3.05, 3.63) is 0 Å². The molecule has 0 amide bonds. The van der Waals surface area contributed by atoms with Gasteiger partial charge in [-0.1, -0.05) is 6.42 Å². The molecule has 0 bridgehead atoms. The number of aromatic nitrogens is 3. The molecule has 2 aliphatic rings. The van der Waals surface area contributed by atoms with Gasteiger partial charge >= 0.3 is 0 Å². The van der Waals surface area contributed by atoms with E-state index in [1.165, 1.54) is 12.8 Å². The van der Waals surface area contributed by atoms with E-state index in [0.29, 0.717) is 18.4 Å². The maximum Gasteiger partial charge on any atom is 0.231 e. The average Bonchev–Trinajstić information content (AvgIpc) is 3.07. The maximum atomic E-state index is 9.82. The van der Waals surface area contributed by atoms with E-state index in [-0.39, 0.29) is 18.0 Å². The highest BCUT2D eigenvalue weighted by Crippen LogP contribution is 2.25. The summed E-state index contributed by atoms with van der Waals surface area (Å²) in [6, 6.07) is 0. The number of nitrogens with one attached hydrogen (secondary N) is 1. The van der Waals surface area contributed by atoms with Gasteiger partial charge in [-0.15, -0.1) is 0 Å². The Hall–Kier alpha value is -1.63. The molecular weight excluding hydrogens is 256 g/mol. The summed E-state index contributed by atoms with van der Waals surface area (Å²) in [6.07, 6.45) is 5.16. The van der Waals surface area contributed by atoms with Crippen molar-refractivity contribution in [2.24, 2.45) is 5.92 Å². The quantitative estimate of drug-likeness (QED) is 0.742. The van der Waals surface area contributed by atoms with Crippen molar-refractivity contribution in [2.75, 3.05) is 35.6 Å². The van der Waals surface area contributed by atoms with Gasteiger partial charge in [-0.25, -0.2) is 0 Å². The molecule has 1 saturated carbocycles. The highest BCUT2D eigenvalue weighted by molar-refractivity contribution is 5.42. The summed E-state index contributed by atoms with van der Waals surface area (Å²) in [4.78, 5) is 14.9. The van der Waals surface area contributed by atoms with Gasteiger partial charge in [0.05, 0.1) is 6.10 Å². The minimum atomic E-state index is -0.209. The van der Waals surface area contributed by atoms with Crippen LogP contribution in [0.5, 0.6) is 0 Å². The second kappa shape index (κ2) is 5.78. The van der Waals surface area contributed by atoms with Crippen LogP contribution in [0, 0.1) is 5.92 Å². The van der Waals surface area contributed by atoms with Crippen LogP contribution < -0.4 is 16.0 Å². The van der Waals surface area contributed by atoms with Crippen LogP contribution in [0.4, 0.5) is 17.8 Å². The average molecular weight is 278 g/mol. The summed E-state index contributed by atoms with van der Waals surface area (Å²) in [5.41, 5.74) is 5.76. The second-order valence-corrected chi connectivity index (χ2v) is 5.65. The lowest BCUT2D eigenvalue weighted by atomic mass is 10.1. The molecule has 0 aromatic carbocycles. The van der Waals surface area contributed by atoms with Crippen LogP contribution in [0.1, 0.15) is 32.1 Å². The first-order valence-corrected chi connectivity index (χ1v) is 7.41. The zero-order chi connectivity index (χ0) is 13.9. The standard InChI is InChI=1S/C13H22N6O/c14-11-16-12(15-8-9-4-3-5-10(9)20)18-13(17-11)19-6-1-2-7-19/h9-10,20H,1-8H2,(H3,14,15,16,17,18). The Bertz CT molecular complexity index is 462. The second-order valence-electron chi connectivity index (χ2n) is 5.65. The van der Waals surface area contributed by atoms with E-state index in [9.17, 15) is 5.11 Å². The van der Waals surface area contributed by atoms with Crippen molar-refractivity contribution in [3.63, 3.8) is 0 Å². The SMILES string of the molecule is Nc1nc(NCC2CCCC2O)nc(N2CCCC2)n1. The fourth-order valence-electron chi connectivity index (χ4n) is 3.00. The Morgan fingerprint density at radius 2 is 1.95 bits per heavy atom. The first kappa shape index (κ1) is 13.4. The molecule has 7 heteroatoms. The monoisotopic (exact) mass is 278 g/mol. The van der Waals surface area contributed by atoms with Crippen molar-refractivity contribution >= 4 is 17.8 Å². The van der Waals surface area contributed by atoms with E-state index >= 15 is 0 Å². The number of anilines is 3. The summed E-state index contributed by atoms with van der Waals surface area (Å²) in [5.74, 6) is 1.70. The fourth-order valence-corrected chi connectivity index (χ4v) is 3.00. The summed E-state index contributed by atoms with van der Waals surface area (Å²) in [6.45, 7) is 2.64. The van der Waals surface area contributed by atoms with Crippen LogP contribution in [-0.4, -0.2) is 45.8 Å². The van der Waals surface area contributed by atoms with Gasteiger partial charge in [-0.2, -0.15) is 15.0 Å². The summed E-state index contributed by atoms with van der Waals surface area (Å²) < 4.78 is 0. The molecular formula is C13H22N6O. The van der Waals surface area contributed by atoms with Gasteiger partial charge in [0.25, 0.3) is 0 Å². The minimum Gasteiger partial charge on any atom is -0.393 e. The zero-order valence-corrected chi connectivity index (χ0v) is 11.6. The Labute approximate surface area is 118 Å². The normalized spacial score (nSPS) is 26.1. The van der Waals surface area contributed by atoms with Crippen LogP contribution in [0.25, 0.3) is 0 Å². The fraction of sp³-hybridized carbons (Fsp3) is 0.769. The first-order chi connectivity index (χ1) is 9.72. The van der Waals surface area contributed by atoms with Crippen LogP contribution in [0.2, 0.25) is 0 Å². The Morgan fingerprint density at radius 3 is 2.65 bits per heavy atom. The van der Waals surface area contributed by atoms with Crippen molar-refractivity contribution in [2.45, 2.75) is 38.2 Å². The molecule has 20 heavy (non-hydrogen) atoms. The molecule has 4 N–H and O–H groups in total. The van der Waals surface area contributed by atoms with Crippen LogP contribution >= 0.6 is 0 Å². The third-order valence-corrected chi connectivity index (χ3v) is 4.17. The minimum absolute atomic E-state index is 0.209. The Morgan fingerprint density at radius 1 is 1.15 bits per heavy atom. The summed E-state index contributed by atoms with van der Waals surface area (Å²) in [5, 5.41) is 13.0. The van der Waals surface area contributed by atoms with E-state index in [1.54, 1.807) is 0 Å². The number of aliphatic hydroxyl groups is 1. The molecule has 1 aromatic heterocycles. The lowest BCUT2D eigenvalue weighted by molar-refractivity contribution is 0.138. The van der Waals surface area contributed by atoms with Gasteiger partial charge in [-0.05, 0) is 25.7 Å². The smallest absolute Gasteiger partial charge is 0.231 e. The summed E-state index contributed by atoms with van der Waals surface area (Å²) >= 11 is 0. The summed E-state index contributed by atoms with van der Waals surface area (Å²) in [7, 11) is 0. The molecule has 3 rings (SSSR count). The number of nitrogens with two attached hydrogens (primary N) is 1. The first-order valence-electron chi connectivity index (χ1n) is 7.41. The predicted molar refractivity (Wildman–Crippen MR) is 77.5 cm³/mol. The van der Waals surface area contributed by atoms with Gasteiger partial charge < -0.3 is 21.1 Å². The van der Waals surface area contributed by atoms with Crippen molar-refractivity contribution in [1.82, 2.24) is 15.0 Å². The molecule has 1 aromatic rings. The third-order valence-electron chi connectivity index (χ3n) is 4.17. The molecule has 0 radical (unpaired) electrons. The third kappa shape index (κ3) is 2.92. The highest BCUT2D eigenvalue weighted by Gasteiger charge is 2.25. The topological polar surface area (TPSA) is 100 Å². The largest absolute Gasteiger partial charge is 0.393 e. The molecule has 1 aliphatic heterocycles. The molecule has 7 nitrogen and oxygen atoms in total. The van der Waals surface area contributed by atoms with Gasteiger partial charge in [-0.3, -0.25) is 0 Å². The van der Waals surface area contributed by atoms with Gasteiger partial charge in [0.15, 0.2) is 0 Å². The predicted octanol–water partition coefficient (Wildman–Crippen LogP) is 0.627. The number of aliphatic hydroxyl groups excluding tert-OH is 1. The van der Waals surface area contributed by atoms with Crippen molar-refractivity contribution in [1.29, 1.82) is 0 Å². The van der Waals surface area contributed by atoms with E-state index in [0.717, 1.165) is 32.4 Å². The van der Waals surface area contributed by atoms with Crippen molar-refractivity contribution < 1.29 is 5.11 Å². The maximum absolute atomic E-state index is 9.82. The Kier molecular flexibility index (Phi) is 3.86. The number of nitrogen functional groups attached to an aromatic ring is 1. The van der Waals surface area contributed by atoms with Crippen molar-refractivity contribution in [3.8, 4) is 0 Å². The molecule has 2 atom stereocenters. The van der Waals surface area contributed by atoms with Crippen LogP contribution in [0.15, 0.2) is 0 Å². The lowest BCUT2D eigenvalue weighted by Gasteiger charge is -2.18. The molecule has 110 valence electrons. The lowest BCUT2D eigenvalue weighted by Crippen LogP contribution is -2.25. The zero-order valence-electron chi connectivity index (χ0n) is 11.6. The van der Waals surface area contributed by atoms with Gasteiger partial charge in [0, 0.05) is 25.6 Å². The van der Waals surface area contributed by atoms with Crippen LogP contribution in [-0.2, 0) is 0 Å².